The second-order valence-electron chi connectivity index (χ2n) is 4.59. The summed E-state index contributed by atoms with van der Waals surface area (Å²) in [6.45, 7) is 1.80. The van der Waals surface area contributed by atoms with Crippen LogP contribution < -0.4 is 0 Å². The van der Waals surface area contributed by atoms with Crippen LogP contribution in [0.1, 0.15) is 16.7 Å². The predicted molar refractivity (Wildman–Crippen MR) is 80.1 cm³/mol. The molecule has 0 atom stereocenters. The van der Waals surface area contributed by atoms with Crippen LogP contribution in [-0.2, 0) is 9.53 Å². The molecule has 0 N–H and O–H groups in total. The number of hydrogen-bond acceptors (Lipinski definition) is 3. The number of halogens is 1. The molecular formula is C17H16FNO2. The number of carbonyl (C=O) groups is 1. The van der Waals surface area contributed by atoms with Gasteiger partial charge in [0.1, 0.15) is 12.4 Å². The zero-order valence-corrected chi connectivity index (χ0v) is 12.0. The zero-order valence-electron chi connectivity index (χ0n) is 12.0. The highest BCUT2D eigenvalue weighted by atomic mass is 19.1. The molecular weight excluding hydrogens is 269 g/mol. The van der Waals surface area contributed by atoms with Crippen molar-refractivity contribution >= 4 is 11.7 Å². The molecule has 4 heteroatoms. The molecule has 0 saturated heterocycles. The highest BCUT2D eigenvalue weighted by Crippen LogP contribution is 2.16. The third-order valence-electron chi connectivity index (χ3n) is 3.01. The van der Waals surface area contributed by atoms with Gasteiger partial charge in [0.25, 0.3) is 0 Å². The largest absolute Gasteiger partial charge is 0.468 e. The van der Waals surface area contributed by atoms with Crippen LogP contribution in [0.15, 0.2) is 53.5 Å². The summed E-state index contributed by atoms with van der Waals surface area (Å²) in [4.78, 5) is 15.5. The van der Waals surface area contributed by atoms with E-state index in [-0.39, 0.29) is 12.4 Å². The first kappa shape index (κ1) is 14.9. The van der Waals surface area contributed by atoms with Gasteiger partial charge in [-0.05, 0) is 25.1 Å². The first-order valence-electron chi connectivity index (χ1n) is 6.55. The van der Waals surface area contributed by atoms with E-state index in [0.29, 0.717) is 11.3 Å². The molecule has 108 valence electrons. The van der Waals surface area contributed by atoms with Crippen molar-refractivity contribution in [2.24, 2.45) is 4.99 Å². The van der Waals surface area contributed by atoms with Gasteiger partial charge in [-0.3, -0.25) is 9.79 Å². The van der Waals surface area contributed by atoms with E-state index >= 15 is 0 Å². The van der Waals surface area contributed by atoms with Crippen LogP contribution in [0.25, 0.3) is 0 Å². The fourth-order valence-electron chi connectivity index (χ4n) is 1.99. The van der Waals surface area contributed by atoms with Crippen molar-refractivity contribution in [2.45, 2.75) is 6.92 Å². The van der Waals surface area contributed by atoms with E-state index in [9.17, 15) is 9.18 Å². The minimum Gasteiger partial charge on any atom is -0.468 e. The summed E-state index contributed by atoms with van der Waals surface area (Å²) in [7, 11) is 1.30. The predicted octanol–water partition coefficient (Wildman–Crippen LogP) is 3.14. The average molecular weight is 285 g/mol. The molecule has 0 spiro atoms. The highest BCUT2D eigenvalue weighted by Gasteiger charge is 2.12. The number of esters is 1. The van der Waals surface area contributed by atoms with Crippen LogP contribution >= 0.6 is 0 Å². The lowest BCUT2D eigenvalue weighted by atomic mass is 10.00. The Bertz CT molecular complexity index is 680. The normalized spacial score (nSPS) is 11.3. The second-order valence-corrected chi connectivity index (χ2v) is 4.59. The van der Waals surface area contributed by atoms with Crippen molar-refractivity contribution in [1.29, 1.82) is 0 Å². The van der Waals surface area contributed by atoms with Gasteiger partial charge in [-0.25, -0.2) is 4.39 Å². The molecule has 0 amide bonds. The molecule has 0 aromatic heterocycles. The van der Waals surface area contributed by atoms with Crippen molar-refractivity contribution in [3.63, 3.8) is 0 Å². The van der Waals surface area contributed by atoms with E-state index in [4.69, 9.17) is 0 Å². The van der Waals surface area contributed by atoms with Crippen molar-refractivity contribution in [2.75, 3.05) is 13.7 Å². The van der Waals surface area contributed by atoms with Crippen LogP contribution in [0.3, 0.4) is 0 Å². The zero-order chi connectivity index (χ0) is 15.2. The van der Waals surface area contributed by atoms with Crippen LogP contribution in [0.4, 0.5) is 4.39 Å². The van der Waals surface area contributed by atoms with Crippen molar-refractivity contribution in [3.05, 3.63) is 71.0 Å². The molecule has 0 bridgehead atoms. The van der Waals surface area contributed by atoms with Crippen molar-refractivity contribution in [1.82, 2.24) is 0 Å². The Morgan fingerprint density at radius 3 is 2.62 bits per heavy atom. The number of rotatable bonds is 4. The van der Waals surface area contributed by atoms with Gasteiger partial charge in [0, 0.05) is 11.1 Å². The number of aliphatic imine (C=N–C) groups is 1. The second kappa shape index (κ2) is 6.79. The highest BCUT2D eigenvalue weighted by molar-refractivity contribution is 6.13. The average Bonchev–Trinajstić information content (AvgIpc) is 2.49. The fraction of sp³-hybridized carbons (Fsp3) is 0.176. The maximum Gasteiger partial charge on any atom is 0.327 e. The van der Waals surface area contributed by atoms with Gasteiger partial charge in [0.05, 0.1) is 12.8 Å². The van der Waals surface area contributed by atoms with Crippen LogP contribution in [0.2, 0.25) is 0 Å². The first-order chi connectivity index (χ1) is 10.1. The van der Waals surface area contributed by atoms with E-state index in [1.165, 1.54) is 13.2 Å². The molecule has 21 heavy (non-hydrogen) atoms. The Hall–Kier alpha value is -2.49. The van der Waals surface area contributed by atoms with E-state index in [2.05, 4.69) is 9.73 Å². The molecule has 2 aromatic carbocycles. The van der Waals surface area contributed by atoms with Crippen LogP contribution in [0, 0.1) is 12.7 Å². The number of ether oxygens (including phenoxy) is 1. The summed E-state index contributed by atoms with van der Waals surface area (Å²) in [5, 5.41) is 0. The standard InChI is InChI=1S/C17H16FNO2/c1-12-6-5-7-13(10-12)17(19-11-16(20)21-2)14-8-3-4-9-15(14)18/h3-10H,11H2,1-2H3. The molecule has 0 aliphatic heterocycles. The summed E-state index contributed by atoms with van der Waals surface area (Å²) < 4.78 is 18.6. The SMILES string of the molecule is COC(=O)CN=C(c1cccc(C)c1)c1ccccc1F. The quantitative estimate of drug-likeness (QED) is 0.639. The first-order valence-corrected chi connectivity index (χ1v) is 6.55. The summed E-state index contributed by atoms with van der Waals surface area (Å²) in [5.74, 6) is -0.834. The van der Waals surface area contributed by atoms with Gasteiger partial charge in [0.2, 0.25) is 0 Å². The minimum atomic E-state index is -0.462. The Kier molecular flexibility index (Phi) is 4.82. The lowest BCUT2D eigenvalue weighted by molar-refractivity contribution is -0.138. The lowest BCUT2D eigenvalue weighted by Gasteiger charge is -2.09. The molecule has 0 fully saturated rings. The minimum absolute atomic E-state index is 0.145. The Morgan fingerprint density at radius 1 is 1.19 bits per heavy atom. The van der Waals surface area contributed by atoms with E-state index in [1.807, 2.05) is 31.2 Å². The molecule has 2 rings (SSSR count). The summed E-state index contributed by atoms with van der Waals surface area (Å²) in [5.41, 5.74) is 2.62. The topological polar surface area (TPSA) is 38.7 Å². The van der Waals surface area contributed by atoms with Gasteiger partial charge in [0.15, 0.2) is 0 Å². The van der Waals surface area contributed by atoms with Crippen LogP contribution in [-0.4, -0.2) is 25.3 Å². The van der Waals surface area contributed by atoms with E-state index in [0.717, 1.165) is 11.1 Å². The van der Waals surface area contributed by atoms with Gasteiger partial charge in [-0.15, -0.1) is 0 Å². The Balaban J connectivity index is 2.49. The van der Waals surface area contributed by atoms with Gasteiger partial charge in [-0.2, -0.15) is 0 Å². The summed E-state index contributed by atoms with van der Waals surface area (Å²) in [6, 6.07) is 13.9. The monoisotopic (exact) mass is 285 g/mol. The molecule has 0 saturated carbocycles. The maximum atomic E-state index is 14.0. The number of benzene rings is 2. The Labute approximate surface area is 123 Å². The van der Waals surface area contributed by atoms with Gasteiger partial charge in [-0.1, -0.05) is 35.9 Å². The molecule has 2 aromatic rings. The number of methoxy groups -OCH3 is 1. The summed E-state index contributed by atoms with van der Waals surface area (Å²) in [6.07, 6.45) is 0. The number of nitrogens with zero attached hydrogens (tertiary/aromatic N) is 1. The van der Waals surface area contributed by atoms with E-state index < -0.39 is 5.97 Å². The van der Waals surface area contributed by atoms with Crippen LogP contribution in [0.5, 0.6) is 0 Å². The fourth-order valence-corrected chi connectivity index (χ4v) is 1.99. The van der Waals surface area contributed by atoms with Crippen molar-refractivity contribution in [3.8, 4) is 0 Å². The third-order valence-corrected chi connectivity index (χ3v) is 3.01. The van der Waals surface area contributed by atoms with E-state index in [1.54, 1.807) is 18.2 Å². The number of carbonyl (C=O) groups excluding carboxylic acids is 1. The Morgan fingerprint density at radius 2 is 1.95 bits per heavy atom. The molecule has 0 unspecified atom stereocenters. The molecule has 3 nitrogen and oxygen atoms in total. The van der Waals surface area contributed by atoms with Gasteiger partial charge < -0.3 is 4.74 Å². The van der Waals surface area contributed by atoms with Crippen molar-refractivity contribution < 1.29 is 13.9 Å². The smallest absolute Gasteiger partial charge is 0.327 e. The number of aryl methyl sites for hydroxylation is 1. The molecule has 0 radical (unpaired) electrons. The summed E-state index contributed by atoms with van der Waals surface area (Å²) >= 11 is 0. The lowest BCUT2D eigenvalue weighted by Crippen LogP contribution is -2.11. The molecule has 0 aliphatic rings. The third kappa shape index (κ3) is 3.75. The maximum absolute atomic E-state index is 14.0. The van der Waals surface area contributed by atoms with Gasteiger partial charge >= 0.3 is 5.97 Å². The molecule has 0 aliphatic carbocycles. The number of hydrogen-bond donors (Lipinski definition) is 0. The molecule has 0 heterocycles.